The molecule has 1 aromatic heterocycles. The van der Waals surface area contributed by atoms with E-state index in [0.717, 1.165) is 16.8 Å². The average molecular weight is 426 g/mol. The van der Waals surface area contributed by atoms with Crippen molar-refractivity contribution >= 4 is 23.2 Å². The summed E-state index contributed by atoms with van der Waals surface area (Å²) in [6.45, 7) is 0. The van der Waals surface area contributed by atoms with Crippen molar-refractivity contribution in [3.05, 3.63) is 123 Å². The van der Waals surface area contributed by atoms with Crippen LogP contribution in [0.5, 0.6) is 0 Å². The lowest BCUT2D eigenvalue weighted by molar-refractivity contribution is 0.101. The average Bonchev–Trinajstić information content (AvgIpc) is 2.82. The number of aromatic amines is 1. The summed E-state index contributed by atoms with van der Waals surface area (Å²) in [4.78, 5) is 49.0. The number of rotatable bonds is 5. The lowest BCUT2D eigenvalue weighted by Crippen LogP contribution is -2.26. The van der Waals surface area contributed by atoms with Gasteiger partial charge in [-0.1, -0.05) is 36.4 Å². The molecule has 1 heterocycles. The maximum atomic E-state index is 12.9. The molecular formula is C24H18N4O4. The highest BCUT2D eigenvalue weighted by atomic mass is 16.2. The Morgan fingerprint density at radius 1 is 0.656 bits per heavy atom. The maximum Gasteiger partial charge on any atom is 0.269 e. The molecular weight excluding hydrogens is 408 g/mol. The van der Waals surface area contributed by atoms with E-state index >= 15 is 0 Å². The summed E-state index contributed by atoms with van der Waals surface area (Å²) in [7, 11) is 0. The highest BCUT2D eigenvalue weighted by molar-refractivity contribution is 6.10. The van der Waals surface area contributed by atoms with Gasteiger partial charge in [-0.3, -0.25) is 24.3 Å². The number of aromatic nitrogens is 2. The van der Waals surface area contributed by atoms with E-state index in [4.69, 9.17) is 0 Å². The predicted octanol–water partition coefficient (Wildman–Crippen LogP) is 3.03. The maximum absolute atomic E-state index is 12.9. The number of carbonyl (C=O) groups excluding carboxylic acids is 2. The fourth-order valence-electron chi connectivity index (χ4n) is 3.08. The van der Waals surface area contributed by atoms with Crippen molar-refractivity contribution in [3.63, 3.8) is 0 Å². The van der Waals surface area contributed by atoms with Gasteiger partial charge in [-0.05, 0) is 42.5 Å². The Labute approximate surface area is 182 Å². The molecule has 2 amide bonds. The Kier molecular flexibility index (Phi) is 5.76. The molecule has 0 aliphatic rings. The molecule has 8 heteroatoms. The lowest BCUT2D eigenvalue weighted by atomic mass is 10.1. The van der Waals surface area contributed by atoms with Gasteiger partial charge in [-0.25, -0.2) is 4.68 Å². The molecule has 32 heavy (non-hydrogen) atoms. The monoisotopic (exact) mass is 426 g/mol. The second-order valence-electron chi connectivity index (χ2n) is 6.85. The van der Waals surface area contributed by atoms with Crippen LogP contribution in [0, 0.1) is 0 Å². The van der Waals surface area contributed by atoms with Gasteiger partial charge in [0.1, 0.15) is 0 Å². The SMILES string of the molecule is O=C(Nc1ccccc1NC(=O)c1cccc(-n2[nH]c(=O)ccc2=O)c1)c1ccccc1. The van der Waals surface area contributed by atoms with Gasteiger partial charge in [0.2, 0.25) is 0 Å². The van der Waals surface area contributed by atoms with Crippen molar-refractivity contribution in [1.82, 2.24) is 9.78 Å². The zero-order valence-corrected chi connectivity index (χ0v) is 16.7. The molecule has 0 spiro atoms. The minimum atomic E-state index is -0.445. The fourth-order valence-corrected chi connectivity index (χ4v) is 3.08. The molecule has 0 saturated carbocycles. The van der Waals surface area contributed by atoms with E-state index in [1.54, 1.807) is 66.7 Å². The van der Waals surface area contributed by atoms with Gasteiger partial charge in [0, 0.05) is 23.3 Å². The molecule has 0 aliphatic heterocycles. The van der Waals surface area contributed by atoms with E-state index in [-0.39, 0.29) is 11.5 Å². The van der Waals surface area contributed by atoms with E-state index in [2.05, 4.69) is 15.7 Å². The minimum absolute atomic E-state index is 0.267. The van der Waals surface area contributed by atoms with Crippen LogP contribution < -0.4 is 21.8 Å². The van der Waals surface area contributed by atoms with Crippen LogP contribution in [0.25, 0.3) is 5.69 Å². The van der Waals surface area contributed by atoms with Gasteiger partial charge < -0.3 is 10.6 Å². The number of H-pyrrole nitrogens is 1. The third-order valence-electron chi connectivity index (χ3n) is 4.65. The molecule has 0 radical (unpaired) electrons. The molecule has 0 atom stereocenters. The van der Waals surface area contributed by atoms with Crippen LogP contribution in [-0.4, -0.2) is 21.6 Å². The Hall–Kier alpha value is -4.72. The lowest BCUT2D eigenvalue weighted by Gasteiger charge is -2.13. The summed E-state index contributed by atoms with van der Waals surface area (Å²) in [6.07, 6.45) is 0. The number of nitrogens with zero attached hydrogens (tertiary/aromatic N) is 1. The highest BCUT2D eigenvalue weighted by Crippen LogP contribution is 2.23. The number of carbonyl (C=O) groups is 2. The molecule has 3 N–H and O–H groups in total. The summed E-state index contributed by atoms with van der Waals surface area (Å²) in [6, 6.07) is 24.1. The Balaban J connectivity index is 1.58. The number of nitrogens with one attached hydrogen (secondary N) is 3. The molecule has 4 rings (SSSR count). The molecule has 0 bridgehead atoms. The van der Waals surface area contributed by atoms with Gasteiger partial charge in [-0.15, -0.1) is 0 Å². The summed E-state index contributed by atoms with van der Waals surface area (Å²) in [5.41, 5.74) is 1.07. The standard InChI is InChI=1S/C24H18N4O4/c29-21-13-14-22(30)28(27-21)18-10-6-9-17(15-18)24(32)26-20-12-5-4-11-19(20)25-23(31)16-7-2-1-3-8-16/h1-15H,(H,25,31)(H,26,32)(H,27,29). The van der Waals surface area contributed by atoms with Crippen LogP contribution >= 0.6 is 0 Å². The van der Waals surface area contributed by atoms with Crippen LogP contribution in [-0.2, 0) is 0 Å². The van der Waals surface area contributed by atoms with E-state index in [1.807, 2.05) is 6.07 Å². The van der Waals surface area contributed by atoms with Crippen LogP contribution in [0.1, 0.15) is 20.7 Å². The second-order valence-corrected chi connectivity index (χ2v) is 6.85. The summed E-state index contributed by atoms with van der Waals surface area (Å²) in [5, 5.41) is 7.99. The minimum Gasteiger partial charge on any atom is -0.320 e. The van der Waals surface area contributed by atoms with Crippen LogP contribution in [0.2, 0.25) is 0 Å². The predicted molar refractivity (Wildman–Crippen MR) is 121 cm³/mol. The van der Waals surface area contributed by atoms with Gasteiger partial charge in [0.15, 0.2) is 0 Å². The quantitative estimate of drug-likeness (QED) is 0.455. The Morgan fingerprint density at radius 2 is 1.25 bits per heavy atom. The molecule has 0 saturated heterocycles. The molecule has 0 aliphatic carbocycles. The largest absolute Gasteiger partial charge is 0.320 e. The summed E-state index contributed by atoms with van der Waals surface area (Å²) in [5.74, 6) is -0.749. The first kappa shape index (κ1) is 20.5. The summed E-state index contributed by atoms with van der Waals surface area (Å²) < 4.78 is 1.06. The van der Waals surface area contributed by atoms with Gasteiger partial charge in [0.25, 0.3) is 22.9 Å². The van der Waals surface area contributed by atoms with Crippen LogP contribution in [0.4, 0.5) is 11.4 Å². The first-order chi connectivity index (χ1) is 15.5. The molecule has 158 valence electrons. The molecule has 3 aromatic carbocycles. The van der Waals surface area contributed by atoms with Crippen molar-refractivity contribution in [1.29, 1.82) is 0 Å². The molecule has 8 nitrogen and oxygen atoms in total. The van der Waals surface area contributed by atoms with E-state index in [9.17, 15) is 19.2 Å². The number of hydrogen-bond donors (Lipinski definition) is 3. The number of anilines is 2. The number of benzene rings is 3. The Bertz CT molecular complexity index is 1410. The highest BCUT2D eigenvalue weighted by Gasteiger charge is 2.13. The zero-order chi connectivity index (χ0) is 22.5. The van der Waals surface area contributed by atoms with Gasteiger partial charge >= 0.3 is 0 Å². The van der Waals surface area contributed by atoms with E-state index in [0.29, 0.717) is 22.6 Å². The van der Waals surface area contributed by atoms with E-state index < -0.39 is 17.0 Å². The second kappa shape index (κ2) is 8.97. The third kappa shape index (κ3) is 4.54. The van der Waals surface area contributed by atoms with Crippen molar-refractivity contribution in [2.24, 2.45) is 0 Å². The summed E-state index contributed by atoms with van der Waals surface area (Å²) >= 11 is 0. The van der Waals surface area contributed by atoms with Crippen molar-refractivity contribution < 1.29 is 9.59 Å². The third-order valence-corrected chi connectivity index (χ3v) is 4.65. The topological polar surface area (TPSA) is 113 Å². The van der Waals surface area contributed by atoms with Crippen molar-refractivity contribution in [2.45, 2.75) is 0 Å². The van der Waals surface area contributed by atoms with Crippen molar-refractivity contribution in [2.75, 3.05) is 10.6 Å². The Morgan fingerprint density at radius 3 is 1.94 bits per heavy atom. The van der Waals surface area contributed by atoms with Crippen LogP contribution in [0.3, 0.4) is 0 Å². The van der Waals surface area contributed by atoms with Crippen LogP contribution in [0.15, 0.2) is 101 Å². The number of amides is 2. The zero-order valence-electron chi connectivity index (χ0n) is 16.7. The first-order valence-electron chi connectivity index (χ1n) is 9.71. The first-order valence-corrected chi connectivity index (χ1v) is 9.71. The normalized spacial score (nSPS) is 10.4. The van der Waals surface area contributed by atoms with Crippen molar-refractivity contribution in [3.8, 4) is 5.69 Å². The fraction of sp³-hybridized carbons (Fsp3) is 0. The number of para-hydroxylation sites is 2. The number of hydrogen-bond acceptors (Lipinski definition) is 4. The smallest absolute Gasteiger partial charge is 0.269 e. The van der Waals surface area contributed by atoms with Gasteiger partial charge in [0.05, 0.1) is 17.1 Å². The molecule has 0 fully saturated rings. The van der Waals surface area contributed by atoms with Gasteiger partial charge in [-0.2, -0.15) is 0 Å². The van der Waals surface area contributed by atoms with E-state index in [1.165, 1.54) is 6.07 Å². The molecule has 4 aromatic rings. The molecule has 0 unspecified atom stereocenters.